The molecule has 4 rings (SSSR count). The number of anilines is 1. The number of benzene rings is 1. The van der Waals surface area contributed by atoms with E-state index in [4.69, 9.17) is 12.2 Å². The van der Waals surface area contributed by atoms with Gasteiger partial charge in [-0.05, 0) is 30.4 Å². The summed E-state index contributed by atoms with van der Waals surface area (Å²) in [6.45, 7) is 5.02. The zero-order valence-corrected chi connectivity index (χ0v) is 14.8. The minimum atomic E-state index is 0.748. The third-order valence-corrected chi connectivity index (χ3v) is 5.05. The van der Waals surface area contributed by atoms with E-state index in [0.717, 1.165) is 43.3 Å². The lowest BCUT2D eigenvalue weighted by molar-refractivity contribution is -0.924. The molecule has 1 aliphatic heterocycles. The summed E-state index contributed by atoms with van der Waals surface area (Å²) in [6.07, 6.45) is 3.79. The molecule has 0 spiro atoms. The number of H-pyrrole nitrogens is 1. The quantitative estimate of drug-likeness (QED) is 0.697. The normalized spacial score (nSPS) is 15.4. The van der Waals surface area contributed by atoms with Crippen LogP contribution in [-0.4, -0.2) is 40.5 Å². The molecule has 2 aromatic heterocycles. The topological polar surface area (TPSA) is 44.6 Å². The number of pyridine rings is 1. The third kappa shape index (κ3) is 3.47. The summed E-state index contributed by atoms with van der Waals surface area (Å²) in [6, 6.07) is 16.3. The summed E-state index contributed by atoms with van der Waals surface area (Å²) in [5.74, 6) is 1.19. The number of hydrogen-bond acceptors (Lipinski definition) is 3. The van der Waals surface area contributed by atoms with Crippen LogP contribution < -0.4 is 14.8 Å². The van der Waals surface area contributed by atoms with Crippen molar-refractivity contribution in [1.29, 1.82) is 0 Å². The molecule has 3 heterocycles. The molecule has 0 amide bonds. The van der Waals surface area contributed by atoms with E-state index < -0.39 is 0 Å². The molecule has 2 N–H and O–H groups in total. The smallest absolute Gasteiger partial charge is 0.274 e. The summed E-state index contributed by atoms with van der Waals surface area (Å²) in [7, 11) is 0. The van der Waals surface area contributed by atoms with Crippen molar-refractivity contribution < 1.29 is 9.88 Å². The second-order valence-corrected chi connectivity index (χ2v) is 6.63. The van der Waals surface area contributed by atoms with Crippen LogP contribution in [0.15, 0.2) is 61.1 Å². The number of nitrogens with one attached hydrogen (secondary N) is 2. The molecule has 0 unspecified atom stereocenters. The van der Waals surface area contributed by atoms with Gasteiger partial charge in [-0.3, -0.25) is 9.47 Å². The molecular formula is C18H22N6S+2. The van der Waals surface area contributed by atoms with E-state index in [1.54, 1.807) is 0 Å². The van der Waals surface area contributed by atoms with Crippen molar-refractivity contribution in [1.82, 2.24) is 14.3 Å². The second-order valence-electron chi connectivity index (χ2n) is 6.26. The van der Waals surface area contributed by atoms with Gasteiger partial charge in [0.05, 0.1) is 6.20 Å². The zero-order valence-electron chi connectivity index (χ0n) is 14.0. The first kappa shape index (κ1) is 16.0. The number of quaternary nitrogens is 1. The Kier molecular flexibility index (Phi) is 4.58. The van der Waals surface area contributed by atoms with Crippen LogP contribution in [0, 0.1) is 4.77 Å². The molecule has 0 atom stereocenters. The van der Waals surface area contributed by atoms with Crippen molar-refractivity contribution in [2.24, 2.45) is 0 Å². The Bertz CT molecular complexity index is 865. The van der Waals surface area contributed by atoms with Crippen molar-refractivity contribution in [2.75, 3.05) is 31.1 Å². The molecule has 3 aromatic rings. The van der Waals surface area contributed by atoms with Gasteiger partial charge in [0.2, 0.25) is 4.77 Å². The Hall–Kier alpha value is -2.51. The number of hydrogen-bond donors (Lipinski definition) is 1. The average molecular weight is 354 g/mol. The maximum absolute atomic E-state index is 5.61. The molecule has 0 saturated carbocycles. The van der Waals surface area contributed by atoms with Crippen LogP contribution in [0.4, 0.5) is 5.82 Å². The van der Waals surface area contributed by atoms with Crippen molar-refractivity contribution in [3.8, 4) is 5.69 Å². The molecule has 0 radical (unpaired) electrons. The zero-order chi connectivity index (χ0) is 17.1. The highest BCUT2D eigenvalue weighted by molar-refractivity contribution is 7.71. The van der Waals surface area contributed by atoms with Gasteiger partial charge in [0.25, 0.3) is 5.82 Å². The number of aromatic nitrogens is 4. The van der Waals surface area contributed by atoms with E-state index in [1.807, 2.05) is 58.2 Å². The molecule has 128 valence electrons. The highest BCUT2D eigenvalue weighted by Gasteiger charge is 2.26. The molecule has 1 saturated heterocycles. The Morgan fingerprint density at radius 2 is 1.80 bits per heavy atom. The summed E-state index contributed by atoms with van der Waals surface area (Å²) >= 11 is 5.61. The number of piperazine rings is 1. The van der Waals surface area contributed by atoms with Crippen molar-refractivity contribution >= 4 is 18.0 Å². The van der Waals surface area contributed by atoms with Crippen LogP contribution >= 0.6 is 12.2 Å². The van der Waals surface area contributed by atoms with E-state index >= 15 is 0 Å². The van der Waals surface area contributed by atoms with Crippen LogP contribution in [0.5, 0.6) is 0 Å². The van der Waals surface area contributed by atoms with Gasteiger partial charge in [-0.1, -0.05) is 24.3 Å². The first-order chi connectivity index (χ1) is 12.3. The van der Waals surface area contributed by atoms with Gasteiger partial charge in [-0.2, -0.15) is 9.78 Å². The molecule has 25 heavy (non-hydrogen) atoms. The number of rotatable bonds is 4. The summed E-state index contributed by atoms with van der Waals surface area (Å²) in [5, 5.41) is 4.50. The van der Waals surface area contributed by atoms with Gasteiger partial charge in [-0.15, -0.1) is 0 Å². The van der Waals surface area contributed by atoms with E-state index in [-0.39, 0.29) is 0 Å². The van der Waals surface area contributed by atoms with Gasteiger partial charge in [-0.25, -0.2) is 4.98 Å². The second kappa shape index (κ2) is 7.16. The lowest BCUT2D eigenvalue weighted by atomic mass is 10.3. The fraction of sp³-hybridized carbons (Fsp3) is 0.278. The average Bonchev–Trinajstić information content (AvgIpc) is 3.04. The first-order valence-corrected chi connectivity index (χ1v) is 8.97. The van der Waals surface area contributed by atoms with E-state index in [0.29, 0.717) is 0 Å². The number of aromatic amines is 1. The molecule has 1 aromatic carbocycles. The Morgan fingerprint density at radius 3 is 2.52 bits per heavy atom. The third-order valence-electron chi connectivity index (χ3n) is 4.65. The van der Waals surface area contributed by atoms with Gasteiger partial charge in [0, 0.05) is 11.8 Å². The van der Waals surface area contributed by atoms with Crippen molar-refractivity contribution in [3.63, 3.8) is 0 Å². The highest BCUT2D eigenvalue weighted by Crippen LogP contribution is 2.07. The van der Waals surface area contributed by atoms with Gasteiger partial charge < -0.3 is 4.90 Å². The first-order valence-electron chi connectivity index (χ1n) is 8.56. The predicted octanol–water partition coefficient (Wildman–Crippen LogP) is 0.580. The van der Waals surface area contributed by atoms with E-state index in [1.165, 1.54) is 10.7 Å². The van der Waals surface area contributed by atoms with Crippen LogP contribution in [-0.2, 0) is 6.67 Å². The van der Waals surface area contributed by atoms with Crippen LogP contribution in [0.1, 0.15) is 0 Å². The maximum Gasteiger partial charge on any atom is 0.274 e. The molecule has 7 heteroatoms. The summed E-state index contributed by atoms with van der Waals surface area (Å²) in [5.41, 5.74) is 1.05. The maximum atomic E-state index is 5.61. The van der Waals surface area contributed by atoms with Gasteiger partial charge in [0.1, 0.15) is 32.5 Å². The monoisotopic (exact) mass is 354 g/mol. The predicted molar refractivity (Wildman–Crippen MR) is 98.3 cm³/mol. The Morgan fingerprint density at radius 1 is 1.04 bits per heavy atom. The van der Waals surface area contributed by atoms with E-state index in [9.17, 15) is 0 Å². The van der Waals surface area contributed by atoms with Crippen molar-refractivity contribution in [2.45, 2.75) is 6.67 Å². The van der Waals surface area contributed by atoms with Crippen molar-refractivity contribution in [3.05, 3.63) is 65.8 Å². The van der Waals surface area contributed by atoms with Gasteiger partial charge >= 0.3 is 0 Å². The van der Waals surface area contributed by atoms with Gasteiger partial charge in [0.15, 0.2) is 6.67 Å². The molecule has 1 aliphatic rings. The Balaban J connectivity index is 1.41. The highest BCUT2D eigenvalue weighted by atomic mass is 32.1. The lowest BCUT2D eigenvalue weighted by Crippen LogP contribution is -3.14. The minimum Gasteiger partial charge on any atom is -0.310 e. The van der Waals surface area contributed by atoms with Crippen LogP contribution in [0.25, 0.3) is 5.69 Å². The summed E-state index contributed by atoms with van der Waals surface area (Å²) in [4.78, 5) is 7.21. The lowest BCUT2D eigenvalue weighted by Gasteiger charge is -2.27. The fourth-order valence-corrected chi connectivity index (χ4v) is 3.49. The van der Waals surface area contributed by atoms with Crippen LogP contribution in [0.3, 0.4) is 0 Å². The molecule has 0 bridgehead atoms. The molecular weight excluding hydrogens is 332 g/mol. The van der Waals surface area contributed by atoms with E-state index in [2.05, 4.69) is 27.1 Å². The molecule has 6 nitrogen and oxygen atoms in total. The molecule has 0 aliphatic carbocycles. The molecule has 1 fully saturated rings. The minimum absolute atomic E-state index is 0.748. The SMILES string of the molecule is S=c1n(-c2ccccc2)cnn1C[NH+]1CCN(c2cccc[nH+]2)CC1. The summed E-state index contributed by atoms with van der Waals surface area (Å²) < 4.78 is 4.64. The fourth-order valence-electron chi connectivity index (χ4n) is 3.23. The largest absolute Gasteiger partial charge is 0.310 e. The van der Waals surface area contributed by atoms with Crippen LogP contribution in [0.2, 0.25) is 0 Å². The number of para-hydroxylation sites is 1. The number of nitrogens with zero attached hydrogens (tertiary/aromatic N) is 4. The standard InChI is InChI=1S/C18H20N6S/c25-18-23(16-6-2-1-3-7-16)14-20-24(18)15-21-10-12-22(13-11-21)17-8-4-5-9-19-17/h1-9,14H,10-13,15H2/p+2. The Labute approximate surface area is 151 Å².